The number of amides is 2. The quantitative estimate of drug-likeness (QED) is 0.900. The molecular formula is C19H22ClN3O2. The van der Waals surface area contributed by atoms with Gasteiger partial charge >= 0.3 is 6.03 Å². The van der Waals surface area contributed by atoms with Crippen LogP contribution in [0.25, 0.3) is 0 Å². The summed E-state index contributed by atoms with van der Waals surface area (Å²) in [7, 11) is 1.56. The van der Waals surface area contributed by atoms with Crippen LogP contribution in [0.3, 0.4) is 0 Å². The van der Waals surface area contributed by atoms with E-state index in [1.54, 1.807) is 25.3 Å². The SMILES string of the molecule is COc1ccc(NC(=O)N2CCN(c3cccc(C)c3)CC2)cc1Cl. The number of hydrogen-bond donors (Lipinski definition) is 1. The molecule has 0 unspecified atom stereocenters. The molecule has 6 heteroatoms. The summed E-state index contributed by atoms with van der Waals surface area (Å²) in [6.45, 7) is 5.10. The van der Waals surface area contributed by atoms with Crippen molar-refractivity contribution in [1.29, 1.82) is 0 Å². The number of aryl methyl sites for hydroxylation is 1. The molecule has 0 spiro atoms. The van der Waals surface area contributed by atoms with Crippen molar-refractivity contribution in [2.75, 3.05) is 43.5 Å². The third-order valence-corrected chi connectivity index (χ3v) is 4.63. The molecule has 1 N–H and O–H groups in total. The molecule has 2 aromatic rings. The Bertz CT molecular complexity index is 758. The van der Waals surface area contributed by atoms with Gasteiger partial charge in [-0.15, -0.1) is 0 Å². The normalized spacial score (nSPS) is 14.4. The van der Waals surface area contributed by atoms with Crippen LogP contribution >= 0.6 is 11.6 Å². The van der Waals surface area contributed by atoms with E-state index < -0.39 is 0 Å². The number of benzene rings is 2. The van der Waals surface area contributed by atoms with E-state index in [1.807, 2.05) is 4.90 Å². The summed E-state index contributed by atoms with van der Waals surface area (Å²) in [5.41, 5.74) is 3.12. The molecule has 3 rings (SSSR count). The highest BCUT2D eigenvalue weighted by molar-refractivity contribution is 6.32. The number of nitrogens with zero attached hydrogens (tertiary/aromatic N) is 2. The van der Waals surface area contributed by atoms with Gasteiger partial charge in [0.2, 0.25) is 0 Å². The third-order valence-electron chi connectivity index (χ3n) is 4.34. The summed E-state index contributed by atoms with van der Waals surface area (Å²) in [5.74, 6) is 0.589. The van der Waals surface area contributed by atoms with Gasteiger partial charge in [-0.2, -0.15) is 0 Å². The van der Waals surface area contributed by atoms with E-state index in [0.717, 1.165) is 13.1 Å². The van der Waals surface area contributed by atoms with Crippen molar-refractivity contribution in [2.45, 2.75) is 6.92 Å². The monoisotopic (exact) mass is 359 g/mol. The average molecular weight is 360 g/mol. The molecule has 0 atom stereocenters. The first-order chi connectivity index (χ1) is 12.1. The van der Waals surface area contributed by atoms with Gasteiger partial charge in [-0.3, -0.25) is 0 Å². The smallest absolute Gasteiger partial charge is 0.321 e. The molecule has 0 radical (unpaired) electrons. The molecule has 1 aliphatic heterocycles. The predicted octanol–water partition coefficient (Wildman–Crippen LogP) is 4.01. The molecule has 5 nitrogen and oxygen atoms in total. The maximum atomic E-state index is 12.5. The number of carbonyl (C=O) groups excluding carboxylic acids is 1. The zero-order valence-electron chi connectivity index (χ0n) is 14.5. The molecule has 1 fully saturated rings. The fourth-order valence-corrected chi connectivity index (χ4v) is 3.20. The summed E-state index contributed by atoms with van der Waals surface area (Å²) in [4.78, 5) is 16.6. The molecule has 1 heterocycles. The van der Waals surface area contributed by atoms with Crippen LogP contribution in [0, 0.1) is 6.92 Å². The Morgan fingerprint density at radius 3 is 2.52 bits per heavy atom. The first-order valence-electron chi connectivity index (χ1n) is 8.28. The highest BCUT2D eigenvalue weighted by Gasteiger charge is 2.21. The van der Waals surface area contributed by atoms with Crippen LogP contribution in [0.2, 0.25) is 5.02 Å². The van der Waals surface area contributed by atoms with Crippen LogP contribution in [0.5, 0.6) is 5.75 Å². The Balaban J connectivity index is 1.57. The fourth-order valence-electron chi connectivity index (χ4n) is 2.94. The summed E-state index contributed by atoms with van der Waals surface area (Å²) < 4.78 is 5.12. The molecule has 0 aliphatic carbocycles. The summed E-state index contributed by atoms with van der Waals surface area (Å²) in [5, 5.41) is 3.37. The zero-order chi connectivity index (χ0) is 17.8. The lowest BCUT2D eigenvalue weighted by molar-refractivity contribution is 0.208. The minimum Gasteiger partial charge on any atom is -0.495 e. The van der Waals surface area contributed by atoms with Gasteiger partial charge in [-0.25, -0.2) is 4.79 Å². The van der Waals surface area contributed by atoms with E-state index in [0.29, 0.717) is 29.5 Å². The molecule has 25 heavy (non-hydrogen) atoms. The lowest BCUT2D eigenvalue weighted by Crippen LogP contribution is -2.50. The standard InChI is InChI=1S/C19H22ClN3O2/c1-14-4-3-5-16(12-14)22-8-10-23(11-9-22)19(24)21-15-6-7-18(25-2)17(20)13-15/h3-7,12-13H,8-11H2,1-2H3,(H,21,24). The molecule has 1 saturated heterocycles. The summed E-state index contributed by atoms with van der Waals surface area (Å²) in [6.07, 6.45) is 0. The van der Waals surface area contributed by atoms with E-state index in [2.05, 4.69) is 41.4 Å². The van der Waals surface area contributed by atoms with E-state index in [9.17, 15) is 4.79 Å². The molecule has 132 valence electrons. The van der Waals surface area contributed by atoms with Gasteiger partial charge in [0, 0.05) is 37.6 Å². The predicted molar refractivity (Wildman–Crippen MR) is 102 cm³/mol. The van der Waals surface area contributed by atoms with Gasteiger partial charge in [0.05, 0.1) is 12.1 Å². The number of hydrogen-bond acceptors (Lipinski definition) is 3. The van der Waals surface area contributed by atoms with E-state index in [1.165, 1.54) is 11.3 Å². The van der Waals surface area contributed by atoms with Crippen LogP contribution in [-0.2, 0) is 0 Å². The van der Waals surface area contributed by atoms with Crippen molar-refractivity contribution >= 4 is 29.0 Å². The molecule has 1 aliphatic rings. The van der Waals surface area contributed by atoms with Gasteiger partial charge in [-0.05, 0) is 42.8 Å². The first-order valence-corrected chi connectivity index (χ1v) is 8.65. The van der Waals surface area contributed by atoms with Crippen molar-refractivity contribution in [3.63, 3.8) is 0 Å². The van der Waals surface area contributed by atoms with Gasteiger partial charge in [0.15, 0.2) is 0 Å². The average Bonchev–Trinajstić information content (AvgIpc) is 2.62. The second kappa shape index (κ2) is 7.66. The number of piperazine rings is 1. The Morgan fingerprint density at radius 1 is 1.12 bits per heavy atom. The Hall–Kier alpha value is -2.40. The van der Waals surface area contributed by atoms with Gasteiger partial charge in [-0.1, -0.05) is 23.7 Å². The number of anilines is 2. The number of halogens is 1. The lowest BCUT2D eigenvalue weighted by atomic mass is 10.2. The number of rotatable bonds is 3. The Kier molecular flexibility index (Phi) is 5.34. The van der Waals surface area contributed by atoms with E-state index in [-0.39, 0.29) is 6.03 Å². The highest BCUT2D eigenvalue weighted by Crippen LogP contribution is 2.27. The number of nitrogens with one attached hydrogen (secondary N) is 1. The lowest BCUT2D eigenvalue weighted by Gasteiger charge is -2.36. The second-order valence-corrected chi connectivity index (χ2v) is 6.50. The minimum atomic E-state index is -0.106. The van der Waals surface area contributed by atoms with Crippen molar-refractivity contribution in [3.8, 4) is 5.75 Å². The summed E-state index contributed by atoms with van der Waals surface area (Å²) in [6, 6.07) is 13.6. The molecule has 0 bridgehead atoms. The molecule has 0 saturated carbocycles. The minimum absolute atomic E-state index is 0.106. The number of urea groups is 1. The zero-order valence-corrected chi connectivity index (χ0v) is 15.2. The van der Waals surface area contributed by atoms with Gasteiger partial charge < -0.3 is 19.9 Å². The Labute approximate surface area is 153 Å². The topological polar surface area (TPSA) is 44.8 Å². The maximum Gasteiger partial charge on any atom is 0.321 e. The number of carbonyl (C=O) groups is 1. The van der Waals surface area contributed by atoms with E-state index in [4.69, 9.17) is 16.3 Å². The molecule has 2 amide bonds. The van der Waals surface area contributed by atoms with Crippen molar-refractivity contribution in [2.24, 2.45) is 0 Å². The van der Waals surface area contributed by atoms with Crippen LogP contribution in [0.1, 0.15) is 5.56 Å². The Morgan fingerprint density at radius 2 is 1.88 bits per heavy atom. The van der Waals surface area contributed by atoms with Crippen molar-refractivity contribution < 1.29 is 9.53 Å². The van der Waals surface area contributed by atoms with E-state index >= 15 is 0 Å². The largest absolute Gasteiger partial charge is 0.495 e. The van der Waals surface area contributed by atoms with Gasteiger partial charge in [0.25, 0.3) is 0 Å². The molecule has 0 aromatic heterocycles. The number of methoxy groups -OCH3 is 1. The van der Waals surface area contributed by atoms with Crippen LogP contribution in [0.15, 0.2) is 42.5 Å². The maximum absolute atomic E-state index is 12.5. The van der Waals surface area contributed by atoms with Crippen LogP contribution in [-0.4, -0.2) is 44.2 Å². The number of ether oxygens (including phenoxy) is 1. The summed E-state index contributed by atoms with van der Waals surface area (Å²) >= 11 is 6.10. The first kappa shape index (κ1) is 17.4. The van der Waals surface area contributed by atoms with Crippen molar-refractivity contribution in [1.82, 2.24) is 4.90 Å². The molecular weight excluding hydrogens is 338 g/mol. The highest BCUT2D eigenvalue weighted by atomic mass is 35.5. The van der Waals surface area contributed by atoms with Crippen LogP contribution < -0.4 is 15.0 Å². The second-order valence-electron chi connectivity index (χ2n) is 6.09. The molecule has 2 aromatic carbocycles. The van der Waals surface area contributed by atoms with Crippen molar-refractivity contribution in [3.05, 3.63) is 53.1 Å². The third kappa shape index (κ3) is 4.17. The fraction of sp³-hybridized carbons (Fsp3) is 0.316. The van der Waals surface area contributed by atoms with Crippen LogP contribution in [0.4, 0.5) is 16.2 Å². The van der Waals surface area contributed by atoms with Gasteiger partial charge in [0.1, 0.15) is 5.75 Å².